The number of rotatable bonds is 7. The van der Waals surface area contributed by atoms with Gasteiger partial charge in [-0.05, 0) is 71.6 Å². The van der Waals surface area contributed by atoms with Crippen LogP contribution >= 0.6 is 59.4 Å². The van der Waals surface area contributed by atoms with E-state index in [1.54, 1.807) is 6.07 Å². The first-order valence-corrected chi connectivity index (χ1v) is 13.6. The standard InChI is InChI=1S/C22H24Br3ClN2O3/c1-10-7-13(23)14(26)9-15(10)27-16(29)5-3-2-4-6-28-21(30)17-11-8-12(18(17)22(28)31)20(25)19(11)24/h7,9,11-12,17-20H,2-6,8H2,1H3,(H,27,29)/t11-,12-,17-,18-,19-,20+/m1/s1. The van der Waals surface area contributed by atoms with Gasteiger partial charge in [0, 0.05) is 32.8 Å². The van der Waals surface area contributed by atoms with Crippen molar-refractivity contribution < 1.29 is 14.4 Å². The second kappa shape index (κ2) is 9.43. The molecule has 3 amide bonds. The third-order valence-corrected chi connectivity index (χ3v) is 11.3. The minimum atomic E-state index is -0.151. The van der Waals surface area contributed by atoms with Crippen molar-refractivity contribution in [3.05, 3.63) is 27.2 Å². The maximum absolute atomic E-state index is 12.9. The molecule has 3 aliphatic rings. The Bertz CT molecular complexity index is 896. The summed E-state index contributed by atoms with van der Waals surface area (Å²) in [6.07, 6.45) is 3.55. The highest BCUT2D eigenvalue weighted by Crippen LogP contribution is 2.60. The minimum Gasteiger partial charge on any atom is -0.326 e. The van der Waals surface area contributed by atoms with E-state index >= 15 is 0 Å². The van der Waals surface area contributed by atoms with Crippen LogP contribution in [0.1, 0.15) is 37.7 Å². The SMILES string of the molecule is Cc1cc(Br)c(Cl)cc1NC(=O)CCCCCN1C(=O)[C@@H]2[C@H]3C[C@@H]([C@@H](Br)[C@H]3Br)[C@H]2C1=O. The zero-order valence-corrected chi connectivity index (χ0v) is 22.6. The zero-order valence-electron chi connectivity index (χ0n) is 17.0. The summed E-state index contributed by atoms with van der Waals surface area (Å²) in [5.74, 6) is 0.149. The molecule has 0 aromatic heterocycles. The second-order valence-corrected chi connectivity index (χ2v) is 12.1. The van der Waals surface area contributed by atoms with Crippen molar-refractivity contribution in [3.63, 3.8) is 0 Å². The number of unbranched alkanes of at least 4 members (excludes halogenated alkanes) is 2. The Hall–Kier alpha value is -0.440. The minimum absolute atomic E-state index is 0.00619. The number of alkyl halides is 2. The molecule has 2 aliphatic carbocycles. The Balaban J connectivity index is 1.22. The second-order valence-electron chi connectivity index (χ2n) is 8.77. The van der Waals surface area contributed by atoms with Gasteiger partial charge in [-0.3, -0.25) is 19.3 Å². The molecule has 6 atom stereocenters. The predicted molar refractivity (Wildman–Crippen MR) is 132 cm³/mol. The molecule has 1 saturated heterocycles. The summed E-state index contributed by atoms with van der Waals surface area (Å²) in [6.45, 7) is 2.37. The molecule has 2 saturated carbocycles. The van der Waals surface area contributed by atoms with Crippen molar-refractivity contribution in [2.24, 2.45) is 23.7 Å². The maximum Gasteiger partial charge on any atom is 0.233 e. The third kappa shape index (κ3) is 4.38. The lowest BCUT2D eigenvalue weighted by atomic mass is 9.81. The molecule has 4 rings (SSSR count). The lowest BCUT2D eigenvalue weighted by Gasteiger charge is -2.28. The number of amides is 3. The molecule has 2 bridgehead atoms. The fourth-order valence-electron chi connectivity index (χ4n) is 5.36. The topological polar surface area (TPSA) is 66.5 Å². The number of anilines is 1. The number of fused-ring (bicyclic) bond motifs is 5. The Morgan fingerprint density at radius 3 is 2.32 bits per heavy atom. The molecule has 1 aromatic carbocycles. The van der Waals surface area contributed by atoms with Crippen LogP contribution in [0.2, 0.25) is 5.02 Å². The van der Waals surface area contributed by atoms with E-state index in [0.717, 1.165) is 29.3 Å². The van der Waals surface area contributed by atoms with Crippen molar-refractivity contribution in [3.8, 4) is 0 Å². The Kier molecular flexibility index (Phi) is 7.21. The van der Waals surface area contributed by atoms with Gasteiger partial charge in [-0.2, -0.15) is 0 Å². The summed E-state index contributed by atoms with van der Waals surface area (Å²) in [5.41, 5.74) is 1.65. The monoisotopic (exact) mass is 636 g/mol. The van der Waals surface area contributed by atoms with Crippen molar-refractivity contribution in [1.82, 2.24) is 4.90 Å². The lowest BCUT2D eigenvalue weighted by molar-refractivity contribution is -0.140. The average Bonchev–Trinajstić information content (AvgIpc) is 3.32. The Labute approximate surface area is 212 Å². The number of hydrogen-bond acceptors (Lipinski definition) is 3. The summed E-state index contributed by atoms with van der Waals surface area (Å²) >= 11 is 16.9. The zero-order chi connectivity index (χ0) is 22.4. The summed E-state index contributed by atoms with van der Waals surface area (Å²) < 4.78 is 0.797. The normalized spacial score (nSPS) is 31.5. The van der Waals surface area contributed by atoms with E-state index in [0.29, 0.717) is 30.1 Å². The largest absolute Gasteiger partial charge is 0.326 e. The third-order valence-electron chi connectivity index (χ3n) is 6.91. The molecule has 3 fully saturated rings. The molecular weight excluding hydrogens is 615 g/mol. The van der Waals surface area contributed by atoms with E-state index < -0.39 is 0 Å². The molecule has 1 aliphatic heterocycles. The first-order chi connectivity index (χ1) is 14.7. The van der Waals surface area contributed by atoms with E-state index in [1.807, 2.05) is 13.0 Å². The smallest absolute Gasteiger partial charge is 0.233 e. The van der Waals surface area contributed by atoms with Gasteiger partial charge in [0.25, 0.3) is 0 Å². The first kappa shape index (κ1) is 23.7. The molecule has 1 aromatic rings. The molecule has 1 heterocycles. The van der Waals surface area contributed by atoms with Gasteiger partial charge in [0.05, 0.1) is 16.9 Å². The number of hydrogen-bond donors (Lipinski definition) is 1. The van der Waals surface area contributed by atoms with Crippen LogP contribution in [0.4, 0.5) is 5.69 Å². The highest BCUT2D eigenvalue weighted by Gasteiger charge is 2.66. The highest BCUT2D eigenvalue weighted by molar-refractivity contribution is 9.12. The van der Waals surface area contributed by atoms with Crippen LogP contribution < -0.4 is 5.32 Å². The van der Waals surface area contributed by atoms with Gasteiger partial charge < -0.3 is 5.32 Å². The molecule has 1 N–H and O–H groups in total. The molecule has 31 heavy (non-hydrogen) atoms. The molecule has 0 radical (unpaired) electrons. The van der Waals surface area contributed by atoms with E-state index in [4.69, 9.17) is 11.6 Å². The van der Waals surface area contributed by atoms with Crippen LogP contribution in [0.5, 0.6) is 0 Å². The molecule has 5 nitrogen and oxygen atoms in total. The average molecular weight is 640 g/mol. The van der Waals surface area contributed by atoms with Gasteiger partial charge in [-0.1, -0.05) is 49.9 Å². The Morgan fingerprint density at radius 1 is 1.10 bits per heavy atom. The summed E-state index contributed by atoms with van der Waals surface area (Å²) in [6, 6.07) is 3.61. The van der Waals surface area contributed by atoms with Gasteiger partial charge in [0.15, 0.2) is 0 Å². The number of carbonyl (C=O) groups excluding carboxylic acids is 3. The van der Waals surface area contributed by atoms with Crippen LogP contribution in [0.25, 0.3) is 0 Å². The maximum atomic E-state index is 12.9. The van der Waals surface area contributed by atoms with Crippen LogP contribution in [-0.4, -0.2) is 38.8 Å². The van der Waals surface area contributed by atoms with E-state index in [9.17, 15) is 14.4 Å². The number of aryl methyl sites for hydroxylation is 1. The summed E-state index contributed by atoms with van der Waals surface area (Å²) in [7, 11) is 0. The number of benzene rings is 1. The summed E-state index contributed by atoms with van der Waals surface area (Å²) in [4.78, 5) is 40.0. The van der Waals surface area contributed by atoms with Gasteiger partial charge in [-0.25, -0.2) is 0 Å². The molecule has 9 heteroatoms. The number of likely N-dealkylation sites (tertiary alicyclic amines) is 1. The van der Waals surface area contributed by atoms with Gasteiger partial charge in [0.1, 0.15) is 0 Å². The highest BCUT2D eigenvalue weighted by atomic mass is 79.9. The number of nitrogens with one attached hydrogen (secondary N) is 1. The Morgan fingerprint density at radius 2 is 1.71 bits per heavy atom. The molecule has 0 unspecified atom stereocenters. The molecule has 168 valence electrons. The lowest BCUT2D eigenvalue weighted by Crippen LogP contribution is -2.37. The fourth-order valence-corrected chi connectivity index (χ4v) is 7.85. The van der Waals surface area contributed by atoms with Crippen molar-refractivity contribution in [2.75, 3.05) is 11.9 Å². The summed E-state index contributed by atoms with van der Waals surface area (Å²) in [5, 5.41) is 3.46. The van der Waals surface area contributed by atoms with Gasteiger partial charge in [0.2, 0.25) is 17.7 Å². The van der Waals surface area contributed by atoms with E-state index in [1.165, 1.54) is 4.90 Å². The van der Waals surface area contributed by atoms with Crippen LogP contribution in [0.3, 0.4) is 0 Å². The van der Waals surface area contributed by atoms with Crippen molar-refractivity contribution in [1.29, 1.82) is 0 Å². The molecular formula is C22H24Br3ClN2O3. The van der Waals surface area contributed by atoms with Crippen LogP contribution in [0.15, 0.2) is 16.6 Å². The fraction of sp³-hybridized carbons (Fsp3) is 0.591. The number of halogens is 4. The van der Waals surface area contributed by atoms with Crippen LogP contribution in [-0.2, 0) is 14.4 Å². The quantitative estimate of drug-likeness (QED) is 0.237. The van der Waals surface area contributed by atoms with E-state index in [-0.39, 0.29) is 51.0 Å². The van der Waals surface area contributed by atoms with Crippen molar-refractivity contribution >= 4 is 82.8 Å². The van der Waals surface area contributed by atoms with Gasteiger partial charge in [-0.15, -0.1) is 0 Å². The molecule has 0 spiro atoms. The van der Waals surface area contributed by atoms with Gasteiger partial charge >= 0.3 is 0 Å². The number of carbonyl (C=O) groups is 3. The van der Waals surface area contributed by atoms with E-state index in [2.05, 4.69) is 53.1 Å². The van der Waals surface area contributed by atoms with Crippen LogP contribution in [0, 0.1) is 30.6 Å². The number of nitrogens with zero attached hydrogens (tertiary/aromatic N) is 1. The number of imide groups is 1. The first-order valence-electron chi connectivity index (χ1n) is 10.6. The predicted octanol–water partition coefficient (Wildman–Crippen LogP) is 5.69. The van der Waals surface area contributed by atoms with Crippen molar-refractivity contribution in [2.45, 2.75) is 48.7 Å².